The Kier molecular flexibility index (Phi) is 4.27. The van der Waals surface area contributed by atoms with Crippen molar-refractivity contribution in [2.75, 3.05) is 0 Å². The zero-order valence-corrected chi connectivity index (χ0v) is 12.1. The maximum Gasteiger partial charge on any atom is 0.125 e. The van der Waals surface area contributed by atoms with Gasteiger partial charge in [0.15, 0.2) is 0 Å². The van der Waals surface area contributed by atoms with Gasteiger partial charge in [-0.2, -0.15) is 0 Å². The highest BCUT2D eigenvalue weighted by atomic mass is 35.5. The van der Waals surface area contributed by atoms with Gasteiger partial charge in [0.1, 0.15) is 12.4 Å². The molecule has 2 aromatic rings. The fourth-order valence-electron chi connectivity index (χ4n) is 1.96. The molecule has 0 fully saturated rings. The Morgan fingerprint density at radius 3 is 2.39 bits per heavy atom. The largest absolute Gasteiger partial charge is 0.488 e. The second-order valence-electron chi connectivity index (χ2n) is 4.26. The molecule has 1 aromatic carbocycles. The van der Waals surface area contributed by atoms with Crippen LogP contribution in [-0.2, 0) is 13.2 Å². The van der Waals surface area contributed by atoms with E-state index < -0.39 is 0 Å². The van der Waals surface area contributed by atoms with Gasteiger partial charge in [-0.25, -0.2) is 0 Å². The number of aryl methyl sites for hydroxylation is 2. The monoisotopic (exact) mass is 281 g/mol. The van der Waals surface area contributed by atoms with E-state index in [1.54, 1.807) is 11.3 Å². The molecule has 0 aliphatic rings. The smallest absolute Gasteiger partial charge is 0.125 e. The Balaban J connectivity index is 2.14. The minimum absolute atomic E-state index is 0.557. The van der Waals surface area contributed by atoms with E-state index in [0.717, 1.165) is 31.7 Å². The van der Waals surface area contributed by atoms with Gasteiger partial charge in [0, 0.05) is 11.4 Å². The van der Waals surface area contributed by atoms with Crippen molar-refractivity contribution in [1.29, 1.82) is 0 Å². The van der Waals surface area contributed by atoms with E-state index in [0.29, 0.717) is 13.2 Å². The van der Waals surface area contributed by atoms with Gasteiger partial charge in [-0.05, 0) is 42.7 Å². The van der Waals surface area contributed by atoms with Crippen LogP contribution in [0.1, 0.15) is 21.6 Å². The number of thiophene rings is 1. The fourth-order valence-corrected chi connectivity index (χ4v) is 2.96. The predicted octanol–water partition coefficient (Wildman–Crippen LogP) is 4.06. The lowest BCUT2D eigenvalue weighted by Crippen LogP contribution is -2.01. The second-order valence-corrected chi connectivity index (χ2v) is 6.06. The molecule has 2 N–H and O–H groups in total. The first-order valence-electron chi connectivity index (χ1n) is 5.77. The van der Waals surface area contributed by atoms with Crippen LogP contribution in [0.25, 0.3) is 0 Å². The number of hydrogen-bond donors (Lipinski definition) is 1. The maximum absolute atomic E-state index is 5.89. The molecule has 1 aromatic heterocycles. The molecule has 0 saturated heterocycles. The van der Waals surface area contributed by atoms with Gasteiger partial charge < -0.3 is 10.5 Å². The average molecular weight is 282 g/mol. The quantitative estimate of drug-likeness (QED) is 0.917. The summed E-state index contributed by atoms with van der Waals surface area (Å²) in [6.07, 6.45) is 0. The van der Waals surface area contributed by atoms with Crippen LogP contribution in [0.4, 0.5) is 0 Å². The van der Waals surface area contributed by atoms with Crippen LogP contribution < -0.4 is 10.5 Å². The summed E-state index contributed by atoms with van der Waals surface area (Å²) in [4.78, 5) is 1.13. The molecule has 96 valence electrons. The molecule has 0 saturated carbocycles. The van der Waals surface area contributed by atoms with E-state index in [-0.39, 0.29) is 0 Å². The molecule has 0 spiro atoms. The standard InChI is InChI=1S/C14H16ClNOS/c1-9-5-11(7-16)6-10(2)14(9)17-8-12-3-4-13(15)18-12/h3-6H,7-8,16H2,1-2H3. The lowest BCUT2D eigenvalue weighted by molar-refractivity contribution is 0.305. The zero-order valence-electron chi connectivity index (χ0n) is 10.5. The van der Waals surface area contributed by atoms with Crippen LogP contribution in [0.3, 0.4) is 0 Å². The molecular weight excluding hydrogens is 266 g/mol. The normalized spacial score (nSPS) is 10.7. The van der Waals surface area contributed by atoms with Gasteiger partial charge in [0.25, 0.3) is 0 Å². The number of nitrogens with two attached hydrogens (primary N) is 1. The maximum atomic E-state index is 5.89. The molecule has 0 radical (unpaired) electrons. The van der Waals surface area contributed by atoms with Crippen molar-refractivity contribution in [3.8, 4) is 5.75 Å². The van der Waals surface area contributed by atoms with Crippen molar-refractivity contribution < 1.29 is 4.74 Å². The van der Waals surface area contributed by atoms with Gasteiger partial charge >= 0.3 is 0 Å². The van der Waals surface area contributed by atoms with Crippen molar-refractivity contribution in [1.82, 2.24) is 0 Å². The van der Waals surface area contributed by atoms with Gasteiger partial charge in [-0.15, -0.1) is 11.3 Å². The van der Waals surface area contributed by atoms with Crippen LogP contribution in [0.2, 0.25) is 4.34 Å². The highest BCUT2D eigenvalue weighted by Gasteiger charge is 2.07. The minimum Gasteiger partial charge on any atom is -0.488 e. The van der Waals surface area contributed by atoms with Crippen molar-refractivity contribution in [2.45, 2.75) is 27.0 Å². The number of benzene rings is 1. The summed E-state index contributed by atoms with van der Waals surface area (Å²) in [7, 11) is 0. The van der Waals surface area contributed by atoms with Crippen LogP contribution in [0.15, 0.2) is 24.3 Å². The summed E-state index contributed by atoms with van der Waals surface area (Å²) in [5.74, 6) is 0.941. The lowest BCUT2D eigenvalue weighted by atomic mass is 10.1. The highest BCUT2D eigenvalue weighted by molar-refractivity contribution is 7.16. The van der Waals surface area contributed by atoms with Gasteiger partial charge in [-0.3, -0.25) is 0 Å². The average Bonchev–Trinajstić information content (AvgIpc) is 2.73. The first-order valence-corrected chi connectivity index (χ1v) is 6.97. The Bertz CT molecular complexity index is 527. The molecule has 2 rings (SSSR count). The zero-order chi connectivity index (χ0) is 13.1. The fraction of sp³-hybridized carbons (Fsp3) is 0.286. The Labute approximate surface area is 116 Å². The van der Waals surface area contributed by atoms with E-state index in [4.69, 9.17) is 22.1 Å². The van der Waals surface area contributed by atoms with Gasteiger partial charge in [0.05, 0.1) is 4.34 Å². The van der Waals surface area contributed by atoms with E-state index >= 15 is 0 Å². The highest BCUT2D eigenvalue weighted by Crippen LogP contribution is 2.27. The molecule has 4 heteroatoms. The minimum atomic E-state index is 0.557. The van der Waals surface area contributed by atoms with Gasteiger partial charge in [-0.1, -0.05) is 23.7 Å². The molecule has 0 unspecified atom stereocenters. The van der Waals surface area contributed by atoms with E-state index in [2.05, 4.69) is 12.1 Å². The van der Waals surface area contributed by atoms with Crippen LogP contribution in [0.5, 0.6) is 5.75 Å². The van der Waals surface area contributed by atoms with Crippen molar-refractivity contribution in [3.63, 3.8) is 0 Å². The van der Waals surface area contributed by atoms with Crippen molar-refractivity contribution in [2.24, 2.45) is 5.73 Å². The Morgan fingerprint density at radius 2 is 1.89 bits per heavy atom. The molecule has 18 heavy (non-hydrogen) atoms. The van der Waals surface area contributed by atoms with E-state index in [1.165, 1.54) is 0 Å². The first-order chi connectivity index (χ1) is 8.60. The van der Waals surface area contributed by atoms with Crippen molar-refractivity contribution >= 4 is 22.9 Å². The molecule has 0 aliphatic carbocycles. The second kappa shape index (κ2) is 5.74. The Hall–Kier alpha value is -1.03. The summed E-state index contributed by atoms with van der Waals surface area (Å²) < 4.78 is 6.67. The summed E-state index contributed by atoms with van der Waals surface area (Å²) >= 11 is 7.44. The third-order valence-corrected chi connectivity index (χ3v) is 3.95. The van der Waals surface area contributed by atoms with Crippen LogP contribution in [0, 0.1) is 13.8 Å². The summed E-state index contributed by atoms with van der Waals surface area (Å²) in [5.41, 5.74) is 9.03. The molecule has 0 amide bonds. The van der Waals surface area contributed by atoms with Crippen LogP contribution >= 0.6 is 22.9 Å². The molecule has 2 nitrogen and oxygen atoms in total. The molecule has 0 bridgehead atoms. The van der Waals surface area contributed by atoms with Crippen molar-refractivity contribution in [3.05, 3.63) is 50.2 Å². The molecule has 0 aliphatic heterocycles. The number of hydrogen-bond acceptors (Lipinski definition) is 3. The number of rotatable bonds is 4. The summed E-state index contributed by atoms with van der Waals surface area (Å²) in [5, 5.41) is 0. The van der Waals surface area contributed by atoms with E-state index in [1.807, 2.05) is 26.0 Å². The molecule has 0 atom stereocenters. The van der Waals surface area contributed by atoms with E-state index in [9.17, 15) is 0 Å². The lowest BCUT2D eigenvalue weighted by Gasteiger charge is -2.13. The third-order valence-electron chi connectivity index (χ3n) is 2.74. The molecular formula is C14H16ClNOS. The third kappa shape index (κ3) is 3.05. The van der Waals surface area contributed by atoms with Crippen LogP contribution in [-0.4, -0.2) is 0 Å². The first kappa shape index (κ1) is 13.4. The van der Waals surface area contributed by atoms with Gasteiger partial charge in [0.2, 0.25) is 0 Å². The number of halogens is 1. The topological polar surface area (TPSA) is 35.2 Å². The predicted molar refractivity (Wildman–Crippen MR) is 77.5 cm³/mol. The number of ether oxygens (including phenoxy) is 1. The molecule has 1 heterocycles. The Morgan fingerprint density at radius 1 is 1.22 bits per heavy atom. The summed E-state index contributed by atoms with van der Waals surface area (Å²) in [6.45, 7) is 5.20. The summed E-state index contributed by atoms with van der Waals surface area (Å²) in [6, 6.07) is 8.03. The SMILES string of the molecule is Cc1cc(CN)cc(C)c1OCc1ccc(Cl)s1.